The summed E-state index contributed by atoms with van der Waals surface area (Å²) in [4.78, 5) is 0. The Morgan fingerprint density at radius 1 is 1.44 bits per heavy atom. The first-order valence-electron chi connectivity index (χ1n) is 3.28. The van der Waals surface area contributed by atoms with Crippen molar-refractivity contribution in [2.45, 2.75) is 19.8 Å². The molecule has 0 spiro atoms. The van der Waals surface area contributed by atoms with E-state index in [2.05, 4.69) is 6.92 Å². The molecule has 0 aromatic heterocycles. The van der Waals surface area contributed by atoms with Crippen LogP contribution in [0, 0.1) is 0 Å². The Kier molecular flexibility index (Phi) is 2.97. The van der Waals surface area contributed by atoms with E-state index in [1.54, 1.807) is 0 Å². The highest BCUT2D eigenvalue weighted by Gasteiger charge is 2.14. The van der Waals surface area contributed by atoms with Crippen LogP contribution in [0.15, 0.2) is 0 Å². The van der Waals surface area contributed by atoms with Crippen LogP contribution in [0.3, 0.4) is 0 Å². The molecule has 0 aromatic rings. The van der Waals surface area contributed by atoms with Crippen molar-refractivity contribution in [2.75, 3.05) is 19.8 Å². The number of hydrogen-bond donors (Lipinski definition) is 0. The van der Waals surface area contributed by atoms with Gasteiger partial charge in [-0.2, -0.15) is 0 Å². The first-order chi connectivity index (χ1) is 4.43. The van der Waals surface area contributed by atoms with Crippen molar-refractivity contribution in [3.8, 4) is 0 Å². The van der Waals surface area contributed by atoms with Crippen LogP contribution in [0.4, 0.5) is 0 Å². The third kappa shape index (κ3) is 2.30. The third-order valence-electron chi connectivity index (χ3n) is 1.05. The first-order valence-corrected chi connectivity index (χ1v) is 3.28. The van der Waals surface area contributed by atoms with E-state index in [4.69, 9.17) is 14.2 Å². The van der Waals surface area contributed by atoms with Crippen molar-refractivity contribution in [1.29, 1.82) is 0 Å². The highest BCUT2D eigenvalue weighted by molar-refractivity contribution is 4.38. The van der Waals surface area contributed by atoms with E-state index in [0.717, 1.165) is 6.42 Å². The second kappa shape index (κ2) is 3.82. The summed E-state index contributed by atoms with van der Waals surface area (Å²) < 4.78 is 15.1. The number of ether oxygens (including phenoxy) is 3. The van der Waals surface area contributed by atoms with E-state index < -0.39 is 0 Å². The zero-order chi connectivity index (χ0) is 6.53. The van der Waals surface area contributed by atoms with E-state index >= 15 is 0 Å². The standard InChI is InChI=1S/C6H12O3/c1-2-3-7-6-8-4-5-9-6/h6H,2-5H2,1H3. The molecule has 1 rings (SSSR count). The van der Waals surface area contributed by atoms with Crippen LogP contribution in [0.1, 0.15) is 13.3 Å². The Morgan fingerprint density at radius 3 is 2.67 bits per heavy atom. The lowest BCUT2D eigenvalue weighted by atomic mass is 10.5. The molecule has 0 saturated carbocycles. The lowest BCUT2D eigenvalue weighted by molar-refractivity contribution is -0.229. The summed E-state index contributed by atoms with van der Waals surface area (Å²) in [7, 11) is 0. The lowest BCUT2D eigenvalue weighted by Gasteiger charge is -2.07. The molecule has 0 aromatic carbocycles. The zero-order valence-electron chi connectivity index (χ0n) is 5.63. The van der Waals surface area contributed by atoms with Crippen molar-refractivity contribution in [3.63, 3.8) is 0 Å². The van der Waals surface area contributed by atoms with Gasteiger partial charge in [0.25, 0.3) is 6.48 Å². The fraction of sp³-hybridized carbons (Fsp3) is 1.00. The van der Waals surface area contributed by atoms with Crippen LogP contribution < -0.4 is 0 Å². The minimum Gasteiger partial charge on any atom is -0.330 e. The SMILES string of the molecule is CCCOC1OCCO1. The average molecular weight is 132 g/mol. The first kappa shape index (κ1) is 6.99. The van der Waals surface area contributed by atoms with Gasteiger partial charge in [0.2, 0.25) is 0 Å². The summed E-state index contributed by atoms with van der Waals surface area (Å²) >= 11 is 0. The minimum absolute atomic E-state index is 0.384. The molecule has 0 bridgehead atoms. The number of rotatable bonds is 3. The zero-order valence-corrected chi connectivity index (χ0v) is 5.63. The van der Waals surface area contributed by atoms with Gasteiger partial charge in [-0.1, -0.05) is 6.92 Å². The van der Waals surface area contributed by atoms with Crippen LogP contribution >= 0.6 is 0 Å². The third-order valence-corrected chi connectivity index (χ3v) is 1.05. The van der Waals surface area contributed by atoms with E-state index in [1.807, 2.05) is 0 Å². The Morgan fingerprint density at radius 2 is 2.11 bits per heavy atom. The molecule has 0 unspecified atom stereocenters. The van der Waals surface area contributed by atoms with Gasteiger partial charge in [0, 0.05) is 0 Å². The van der Waals surface area contributed by atoms with Crippen molar-refractivity contribution < 1.29 is 14.2 Å². The van der Waals surface area contributed by atoms with Gasteiger partial charge >= 0.3 is 0 Å². The Labute approximate surface area is 54.9 Å². The molecule has 3 nitrogen and oxygen atoms in total. The van der Waals surface area contributed by atoms with Gasteiger partial charge in [0.15, 0.2) is 0 Å². The van der Waals surface area contributed by atoms with Crippen molar-refractivity contribution in [2.24, 2.45) is 0 Å². The second-order valence-electron chi connectivity index (χ2n) is 1.90. The van der Waals surface area contributed by atoms with E-state index in [1.165, 1.54) is 0 Å². The van der Waals surface area contributed by atoms with Crippen molar-refractivity contribution >= 4 is 0 Å². The van der Waals surface area contributed by atoms with Gasteiger partial charge in [-0.25, -0.2) is 0 Å². The largest absolute Gasteiger partial charge is 0.330 e. The molecule has 1 aliphatic heterocycles. The van der Waals surface area contributed by atoms with Crippen LogP contribution in [-0.4, -0.2) is 26.3 Å². The Balaban J connectivity index is 1.98. The molecular formula is C6H12O3. The minimum atomic E-state index is -0.384. The predicted octanol–water partition coefficient (Wildman–Crippen LogP) is 0.743. The molecule has 54 valence electrons. The molecule has 9 heavy (non-hydrogen) atoms. The Bertz CT molecular complexity index is 68.7. The Hall–Kier alpha value is -0.120. The van der Waals surface area contributed by atoms with E-state index in [-0.39, 0.29) is 6.48 Å². The molecular weight excluding hydrogens is 120 g/mol. The molecule has 3 heteroatoms. The molecule has 1 saturated heterocycles. The normalized spacial score (nSPS) is 21.0. The summed E-state index contributed by atoms with van der Waals surface area (Å²) in [5.41, 5.74) is 0. The molecule has 0 amide bonds. The van der Waals surface area contributed by atoms with Gasteiger partial charge in [-0.15, -0.1) is 0 Å². The fourth-order valence-corrected chi connectivity index (χ4v) is 0.647. The summed E-state index contributed by atoms with van der Waals surface area (Å²) in [6.45, 7) is 3.70. The van der Waals surface area contributed by atoms with Gasteiger partial charge in [0.1, 0.15) is 0 Å². The van der Waals surface area contributed by atoms with E-state index in [9.17, 15) is 0 Å². The number of hydrogen-bond acceptors (Lipinski definition) is 3. The van der Waals surface area contributed by atoms with Gasteiger partial charge < -0.3 is 14.2 Å². The maximum absolute atomic E-state index is 5.11. The molecule has 1 fully saturated rings. The quantitative estimate of drug-likeness (QED) is 0.567. The molecule has 1 aliphatic rings. The molecule has 1 heterocycles. The summed E-state index contributed by atoms with van der Waals surface area (Å²) in [5, 5.41) is 0. The highest BCUT2D eigenvalue weighted by Crippen LogP contribution is 2.04. The van der Waals surface area contributed by atoms with Gasteiger partial charge in [0.05, 0.1) is 19.8 Å². The molecule has 0 aliphatic carbocycles. The van der Waals surface area contributed by atoms with Crippen LogP contribution in [0.2, 0.25) is 0 Å². The maximum atomic E-state index is 5.11. The lowest BCUT2D eigenvalue weighted by Crippen LogP contribution is -2.12. The van der Waals surface area contributed by atoms with Crippen LogP contribution in [-0.2, 0) is 14.2 Å². The van der Waals surface area contributed by atoms with Crippen LogP contribution in [0.25, 0.3) is 0 Å². The van der Waals surface area contributed by atoms with Gasteiger partial charge in [-0.3, -0.25) is 0 Å². The van der Waals surface area contributed by atoms with Gasteiger partial charge in [-0.05, 0) is 6.42 Å². The monoisotopic (exact) mass is 132 g/mol. The topological polar surface area (TPSA) is 27.7 Å². The van der Waals surface area contributed by atoms with Crippen LogP contribution in [0.5, 0.6) is 0 Å². The summed E-state index contributed by atoms with van der Waals surface area (Å²) in [6.07, 6.45) is 1.00. The van der Waals surface area contributed by atoms with E-state index in [0.29, 0.717) is 19.8 Å². The summed E-state index contributed by atoms with van der Waals surface area (Å²) in [5.74, 6) is 0. The highest BCUT2D eigenvalue weighted by atomic mass is 16.9. The summed E-state index contributed by atoms with van der Waals surface area (Å²) in [6, 6.07) is 0. The fourth-order valence-electron chi connectivity index (χ4n) is 0.647. The van der Waals surface area contributed by atoms with Crippen molar-refractivity contribution in [1.82, 2.24) is 0 Å². The molecule has 0 radical (unpaired) electrons. The maximum Gasteiger partial charge on any atom is 0.271 e. The second-order valence-corrected chi connectivity index (χ2v) is 1.90. The molecule has 0 N–H and O–H groups in total. The van der Waals surface area contributed by atoms with Crippen molar-refractivity contribution in [3.05, 3.63) is 0 Å². The predicted molar refractivity (Wildman–Crippen MR) is 31.9 cm³/mol. The average Bonchev–Trinajstić information content (AvgIpc) is 2.34. The smallest absolute Gasteiger partial charge is 0.271 e. The molecule has 0 atom stereocenters.